The number of carbonyl (C=O) groups excluding carboxylic acids is 1. The van der Waals surface area contributed by atoms with Gasteiger partial charge in [0, 0.05) is 44.5 Å². The van der Waals surface area contributed by atoms with Crippen molar-refractivity contribution in [1.29, 1.82) is 0 Å². The van der Waals surface area contributed by atoms with E-state index in [0.717, 1.165) is 24.5 Å². The molecule has 8 heteroatoms. The Kier molecular flexibility index (Phi) is 6.23. The summed E-state index contributed by atoms with van der Waals surface area (Å²) in [5.74, 6) is 1.63. The van der Waals surface area contributed by atoms with Crippen LogP contribution in [0.2, 0.25) is 0 Å². The number of H-pyrrole nitrogens is 1. The minimum atomic E-state index is -0.466. The van der Waals surface area contributed by atoms with Gasteiger partial charge in [-0.25, -0.2) is 9.78 Å². The van der Waals surface area contributed by atoms with Gasteiger partial charge >= 0.3 is 6.03 Å². The molecule has 0 bridgehead atoms. The average Bonchev–Trinajstić information content (AvgIpc) is 3.29. The molecular formula is C17H28FN5O2. The first-order chi connectivity index (χ1) is 12.2. The Hall–Kier alpha value is -1.70. The average molecular weight is 353 g/mol. The van der Waals surface area contributed by atoms with E-state index in [-0.39, 0.29) is 17.9 Å². The SMILES string of the molecule is COCCNC(=O)N1C[C@@H](CF)[C@H](c2nc(C3CCCCC3)n[nH]2)C1. The molecule has 1 aliphatic heterocycles. The molecule has 0 spiro atoms. The molecule has 3 rings (SSSR count). The third-order valence-corrected chi connectivity index (χ3v) is 5.35. The first-order valence-electron chi connectivity index (χ1n) is 9.22. The molecule has 0 aromatic carbocycles. The van der Waals surface area contributed by atoms with Crippen LogP contribution in [0.15, 0.2) is 0 Å². The number of halogens is 1. The van der Waals surface area contributed by atoms with Gasteiger partial charge in [0.1, 0.15) is 5.82 Å². The Morgan fingerprint density at radius 2 is 2.16 bits per heavy atom. The van der Waals surface area contributed by atoms with E-state index >= 15 is 0 Å². The highest BCUT2D eigenvalue weighted by Gasteiger charge is 2.38. The Bertz CT molecular complexity index is 561. The number of urea groups is 1. The topological polar surface area (TPSA) is 83.1 Å². The highest BCUT2D eigenvalue weighted by atomic mass is 19.1. The second-order valence-electron chi connectivity index (χ2n) is 7.06. The van der Waals surface area contributed by atoms with Crippen LogP contribution in [0.25, 0.3) is 0 Å². The summed E-state index contributed by atoms with van der Waals surface area (Å²) in [5.41, 5.74) is 0. The quantitative estimate of drug-likeness (QED) is 0.768. The van der Waals surface area contributed by atoms with Crippen molar-refractivity contribution in [2.24, 2.45) is 5.92 Å². The number of nitrogens with zero attached hydrogens (tertiary/aromatic N) is 3. The van der Waals surface area contributed by atoms with E-state index < -0.39 is 6.67 Å². The summed E-state index contributed by atoms with van der Waals surface area (Å²) in [6.45, 7) is 1.31. The van der Waals surface area contributed by atoms with Crippen LogP contribution < -0.4 is 5.32 Å². The van der Waals surface area contributed by atoms with Crippen LogP contribution in [0, 0.1) is 5.92 Å². The Labute approximate surface area is 147 Å². The number of ether oxygens (including phenoxy) is 1. The summed E-state index contributed by atoms with van der Waals surface area (Å²) in [6.07, 6.45) is 5.99. The molecular weight excluding hydrogens is 325 g/mol. The van der Waals surface area contributed by atoms with Crippen molar-refractivity contribution in [2.75, 3.05) is 40.0 Å². The van der Waals surface area contributed by atoms with Gasteiger partial charge < -0.3 is 15.0 Å². The number of carbonyl (C=O) groups is 1. The summed E-state index contributed by atoms with van der Waals surface area (Å²) >= 11 is 0. The first kappa shape index (κ1) is 18.1. The number of nitrogens with one attached hydrogen (secondary N) is 2. The maximum Gasteiger partial charge on any atom is 0.317 e. The zero-order chi connectivity index (χ0) is 17.6. The number of hydrogen-bond donors (Lipinski definition) is 2. The lowest BCUT2D eigenvalue weighted by atomic mass is 9.89. The van der Waals surface area contributed by atoms with Crippen LogP contribution in [0.5, 0.6) is 0 Å². The normalized spacial score (nSPS) is 24.6. The molecule has 1 aliphatic carbocycles. The number of likely N-dealkylation sites (tertiary alicyclic amines) is 1. The van der Waals surface area contributed by atoms with Crippen molar-refractivity contribution >= 4 is 6.03 Å². The lowest BCUT2D eigenvalue weighted by molar-refractivity contribution is 0.183. The number of alkyl halides is 1. The van der Waals surface area contributed by atoms with Gasteiger partial charge in [0.05, 0.1) is 13.3 Å². The van der Waals surface area contributed by atoms with Crippen molar-refractivity contribution in [3.8, 4) is 0 Å². The summed E-state index contributed by atoms with van der Waals surface area (Å²) in [5, 5.41) is 10.2. The third-order valence-electron chi connectivity index (χ3n) is 5.35. The van der Waals surface area contributed by atoms with E-state index in [1.54, 1.807) is 12.0 Å². The van der Waals surface area contributed by atoms with Gasteiger partial charge in [0.15, 0.2) is 5.82 Å². The molecule has 2 fully saturated rings. The lowest BCUT2D eigenvalue weighted by Gasteiger charge is -2.18. The van der Waals surface area contributed by atoms with Gasteiger partial charge in [0.2, 0.25) is 0 Å². The fourth-order valence-electron chi connectivity index (χ4n) is 3.87. The number of amides is 2. The highest BCUT2D eigenvalue weighted by Crippen LogP contribution is 2.34. The van der Waals surface area contributed by atoms with Gasteiger partial charge in [-0.15, -0.1) is 0 Å². The van der Waals surface area contributed by atoms with Crippen LogP contribution >= 0.6 is 0 Å². The van der Waals surface area contributed by atoms with Crippen molar-refractivity contribution in [1.82, 2.24) is 25.4 Å². The van der Waals surface area contributed by atoms with Crippen molar-refractivity contribution in [3.63, 3.8) is 0 Å². The van der Waals surface area contributed by atoms with Gasteiger partial charge in [-0.2, -0.15) is 5.10 Å². The molecule has 2 heterocycles. The fourth-order valence-corrected chi connectivity index (χ4v) is 3.87. The second-order valence-corrected chi connectivity index (χ2v) is 7.06. The molecule has 0 radical (unpaired) electrons. The molecule has 140 valence electrons. The number of rotatable bonds is 6. The lowest BCUT2D eigenvalue weighted by Crippen LogP contribution is -2.40. The number of methoxy groups -OCH3 is 1. The molecule has 7 nitrogen and oxygen atoms in total. The molecule has 1 aromatic heterocycles. The number of aromatic nitrogens is 3. The summed E-state index contributed by atoms with van der Waals surface area (Å²) < 4.78 is 18.4. The van der Waals surface area contributed by atoms with Crippen LogP contribution in [-0.2, 0) is 4.74 Å². The zero-order valence-electron chi connectivity index (χ0n) is 14.8. The minimum absolute atomic E-state index is 0.122. The van der Waals surface area contributed by atoms with E-state index in [1.165, 1.54) is 19.3 Å². The van der Waals surface area contributed by atoms with E-state index in [4.69, 9.17) is 4.74 Å². The minimum Gasteiger partial charge on any atom is -0.383 e. The molecule has 2 aliphatic rings. The number of aromatic amines is 1. The van der Waals surface area contributed by atoms with Crippen molar-refractivity contribution < 1.29 is 13.9 Å². The Balaban J connectivity index is 1.62. The molecule has 2 atom stereocenters. The Morgan fingerprint density at radius 1 is 1.36 bits per heavy atom. The predicted octanol–water partition coefficient (Wildman–Crippen LogP) is 2.19. The van der Waals surface area contributed by atoms with Gasteiger partial charge in [-0.3, -0.25) is 9.49 Å². The monoisotopic (exact) mass is 353 g/mol. The molecule has 2 N–H and O–H groups in total. The summed E-state index contributed by atoms with van der Waals surface area (Å²) in [7, 11) is 1.59. The van der Waals surface area contributed by atoms with Gasteiger partial charge in [-0.05, 0) is 12.8 Å². The van der Waals surface area contributed by atoms with E-state index in [9.17, 15) is 9.18 Å². The van der Waals surface area contributed by atoms with Crippen molar-refractivity contribution in [2.45, 2.75) is 43.9 Å². The van der Waals surface area contributed by atoms with Crippen LogP contribution in [0.3, 0.4) is 0 Å². The molecule has 1 aromatic rings. The molecule has 1 saturated heterocycles. The standard InChI is InChI=1S/C17H28FN5O2/c1-25-8-7-19-17(24)23-10-13(9-18)14(11-23)16-20-15(21-22-16)12-5-3-2-4-6-12/h12-14H,2-11H2,1H3,(H,19,24)(H,20,21,22)/t13-,14-/m1/s1. The smallest absolute Gasteiger partial charge is 0.317 e. The predicted molar refractivity (Wildman–Crippen MR) is 91.3 cm³/mol. The first-order valence-corrected chi connectivity index (χ1v) is 9.22. The largest absolute Gasteiger partial charge is 0.383 e. The highest BCUT2D eigenvalue weighted by molar-refractivity contribution is 5.74. The maximum atomic E-state index is 13.5. The van der Waals surface area contributed by atoms with Crippen LogP contribution in [0.4, 0.5) is 9.18 Å². The van der Waals surface area contributed by atoms with Crippen molar-refractivity contribution in [3.05, 3.63) is 11.6 Å². The van der Waals surface area contributed by atoms with E-state index in [0.29, 0.717) is 32.2 Å². The van der Waals surface area contributed by atoms with E-state index in [2.05, 4.69) is 20.5 Å². The Morgan fingerprint density at radius 3 is 2.88 bits per heavy atom. The molecule has 25 heavy (non-hydrogen) atoms. The van der Waals surface area contributed by atoms with Gasteiger partial charge in [0.25, 0.3) is 0 Å². The summed E-state index contributed by atoms with van der Waals surface area (Å²) in [6, 6.07) is -0.176. The van der Waals surface area contributed by atoms with Crippen LogP contribution in [-0.4, -0.2) is 66.1 Å². The van der Waals surface area contributed by atoms with E-state index in [1.807, 2.05) is 0 Å². The second kappa shape index (κ2) is 8.60. The zero-order valence-corrected chi connectivity index (χ0v) is 14.8. The van der Waals surface area contributed by atoms with Gasteiger partial charge in [-0.1, -0.05) is 19.3 Å². The number of hydrogen-bond acceptors (Lipinski definition) is 4. The fraction of sp³-hybridized carbons (Fsp3) is 0.824. The van der Waals surface area contributed by atoms with Crippen LogP contribution in [0.1, 0.15) is 55.6 Å². The molecule has 1 saturated carbocycles. The summed E-state index contributed by atoms with van der Waals surface area (Å²) in [4.78, 5) is 18.5. The third kappa shape index (κ3) is 4.29. The maximum absolute atomic E-state index is 13.5. The molecule has 2 amide bonds. The molecule has 0 unspecified atom stereocenters.